The van der Waals surface area contributed by atoms with Crippen LogP contribution in [0.25, 0.3) is 0 Å². The number of aliphatic hydroxyl groups is 1. The van der Waals surface area contributed by atoms with Gasteiger partial charge in [0.2, 0.25) is 6.41 Å². The molecular weight excluding hydrogens is 280 g/mol. The van der Waals surface area contributed by atoms with Crippen molar-refractivity contribution in [3.05, 3.63) is 0 Å². The minimum Gasteiger partial charge on any atom is -0.481 e. The van der Waals surface area contributed by atoms with Gasteiger partial charge in [0, 0.05) is 18.0 Å². The number of nitrogens with one attached hydrogen (secondary N) is 2. The van der Waals surface area contributed by atoms with Gasteiger partial charge in [-0.2, -0.15) is 0 Å². The fourth-order valence-corrected chi connectivity index (χ4v) is 4.94. The summed E-state index contributed by atoms with van der Waals surface area (Å²) in [6, 6.07) is -0.426. The molecule has 3 rings (SSSR count). The molecule has 0 radical (unpaired) electrons. The Kier molecular flexibility index (Phi) is 3.00. The highest BCUT2D eigenvalue weighted by atomic mass is 16.4. The molecule has 0 aromatic carbocycles. The van der Waals surface area contributed by atoms with Gasteiger partial charge in [-0.25, -0.2) is 4.79 Å². The van der Waals surface area contributed by atoms with Crippen molar-refractivity contribution in [2.45, 2.75) is 36.9 Å². The third-order valence-corrected chi connectivity index (χ3v) is 5.61. The topological polar surface area (TPSA) is 136 Å². The minimum absolute atomic E-state index is 0.212. The van der Waals surface area contributed by atoms with Crippen LogP contribution < -0.4 is 10.6 Å². The predicted octanol–water partition coefficient (Wildman–Crippen LogP) is -1.61. The van der Waals surface area contributed by atoms with E-state index in [1.165, 1.54) is 0 Å². The predicted molar refractivity (Wildman–Crippen MR) is 68.3 cm³/mol. The van der Waals surface area contributed by atoms with Crippen LogP contribution >= 0.6 is 0 Å². The van der Waals surface area contributed by atoms with Gasteiger partial charge in [0.25, 0.3) is 0 Å². The second-order valence-corrected chi connectivity index (χ2v) is 6.22. The van der Waals surface area contributed by atoms with E-state index in [1.54, 1.807) is 0 Å². The summed E-state index contributed by atoms with van der Waals surface area (Å²) in [5.41, 5.74) is -2.65. The zero-order valence-electron chi connectivity index (χ0n) is 11.3. The summed E-state index contributed by atoms with van der Waals surface area (Å²) >= 11 is 0. The summed E-state index contributed by atoms with van der Waals surface area (Å²) in [6.07, 6.45) is 0.669. The number of aliphatic hydroxyl groups excluding tert-OH is 1. The summed E-state index contributed by atoms with van der Waals surface area (Å²) in [5, 5.41) is 34.3. The average Bonchev–Trinajstić information content (AvgIpc) is 2.71. The lowest BCUT2D eigenvalue weighted by Gasteiger charge is -2.38. The summed E-state index contributed by atoms with van der Waals surface area (Å²) in [6.45, 7) is 0.308. The number of amides is 1. The average molecular weight is 298 g/mol. The zero-order valence-corrected chi connectivity index (χ0v) is 11.3. The van der Waals surface area contributed by atoms with E-state index < -0.39 is 41.0 Å². The fraction of sp³-hybridized carbons (Fsp3) is 0.769. The van der Waals surface area contributed by atoms with Crippen molar-refractivity contribution >= 4 is 18.3 Å². The van der Waals surface area contributed by atoms with Crippen LogP contribution in [0.3, 0.4) is 0 Å². The second-order valence-electron chi connectivity index (χ2n) is 6.22. The smallest absolute Gasteiger partial charge is 0.330 e. The monoisotopic (exact) mass is 298 g/mol. The molecule has 0 aromatic heterocycles. The molecule has 2 saturated carbocycles. The Morgan fingerprint density at radius 3 is 2.48 bits per heavy atom. The van der Waals surface area contributed by atoms with Crippen LogP contribution in [0.1, 0.15) is 19.3 Å². The van der Waals surface area contributed by atoms with Crippen LogP contribution in [0.5, 0.6) is 0 Å². The number of carboxylic acids is 2. The molecule has 2 aliphatic carbocycles. The van der Waals surface area contributed by atoms with Gasteiger partial charge >= 0.3 is 11.9 Å². The van der Waals surface area contributed by atoms with Crippen molar-refractivity contribution in [3.63, 3.8) is 0 Å². The molecular formula is C13H18N2O6. The summed E-state index contributed by atoms with van der Waals surface area (Å²) in [4.78, 5) is 34.3. The largest absolute Gasteiger partial charge is 0.481 e. The molecule has 0 spiro atoms. The van der Waals surface area contributed by atoms with Gasteiger partial charge < -0.3 is 26.0 Å². The molecule has 3 aliphatic rings. The first-order valence-electron chi connectivity index (χ1n) is 7.00. The Hall–Kier alpha value is -1.67. The van der Waals surface area contributed by atoms with Crippen molar-refractivity contribution in [3.8, 4) is 0 Å². The Balaban J connectivity index is 2.06. The number of β-amino-alcohol motifs (C(OH)–C–C–N with tert-alkyl or cyclic N) is 1. The van der Waals surface area contributed by atoms with E-state index in [0.717, 1.165) is 0 Å². The number of carbonyl (C=O) groups excluding carboxylic acids is 1. The minimum atomic E-state index is -1.58. The molecule has 1 unspecified atom stereocenters. The quantitative estimate of drug-likeness (QED) is 0.385. The Morgan fingerprint density at radius 1 is 1.33 bits per heavy atom. The molecule has 116 valence electrons. The standard InChI is InChI=1S/C13H18N2O6/c16-5-15-12(11(20)21)2-1-7-9(10(18)19)13(7,12)8-3-6(17)4-14-8/h5-9,14,17H,1-4H2,(H,15,16)(H,18,19)(H,20,21)/t6-,7+,8-,9?,12+,13+/m0/s1. The highest BCUT2D eigenvalue weighted by Gasteiger charge is 2.85. The van der Waals surface area contributed by atoms with Crippen molar-refractivity contribution < 1.29 is 29.7 Å². The van der Waals surface area contributed by atoms with Crippen LogP contribution in [0.4, 0.5) is 0 Å². The third kappa shape index (κ3) is 1.54. The van der Waals surface area contributed by atoms with Gasteiger partial charge in [-0.3, -0.25) is 9.59 Å². The summed E-state index contributed by atoms with van der Waals surface area (Å²) in [7, 11) is 0. The van der Waals surface area contributed by atoms with Crippen molar-refractivity contribution in [1.29, 1.82) is 0 Å². The second kappa shape index (κ2) is 4.41. The molecule has 5 N–H and O–H groups in total. The highest BCUT2D eigenvalue weighted by Crippen LogP contribution is 2.74. The van der Waals surface area contributed by atoms with Gasteiger partial charge in [0.1, 0.15) is 5.54 Å². The van der Waals surface area contributed by atoms with Gasteiger partial charge in [0.05, 0.1) is 12.0 Å². The maximum absolute atomic E-state index is 11.9. The van der Waals surface area contributed by atoms with Gasteiger partial charge in [0.15, 0.2) is 0 Å². The van der Waals surface area contributed by atoms with E-state index in [4.69, 9.17) is 0 Å². The summed E-state index contributed by atoms with van der Waals surface area (Å²) < 4.78 is 0. The van der Waals surface area contributed by atoms with Crippen LogP contribution in [-0.4, -0.2) is 57.9 Å². The normalized spacial score (nSPS) is 47.7. The first-order valence-corrected chi connectivity index (χ1v) is 7.00. The van der Waals surface area contributed by atoms with Crippen LogP contribution in [0, 0.1) is 17.3 Å². The Bertz CT molecular complexity index is 511. The first-order chi connectivity index (χ1) is 9.91. The molecule has 1 saturated heterocycles. The molecule has 0 aromatic rings. The van der Waals surface area contributed by atoms with E-state index >= 15 is 0 Å². The van der Waals surface area contributed by atoms with Crippen LogP contribution in [0.2, 0.25) is 0 Å². The first kappa shape index (κ1) is 14.3. The van der Waals surface area contributed by atoms with Crippen LogP contribution in [-0.2, 0) is 14.4 Å². The summed E-state index contributed by atoms with van der Waals surface area (Å²) in [5.74, 6) is -3.34. The number of hydrogen-bond donors (Lipinski definition) is 5. The highest BCUT2D eigenvalue weighted by molar-refractivity contribution is 5.89. The third-order valence-electron chi connectivity index (χ3n) is 5.61. The van der Waals surface area contributed by atoms with Crippen molar-refractivity contribution in [2.75, 3.05) is 6.54 Å². The van der Waals surface area contributed by atoms with Crippen molar-refractivity contribution in [1.82, 2.24) is 10.6 Å². The Labute approximate surface area is 120 Å². The molecule has 8 nitrogen and oxygen atoms in total. The van der Waals surface area contributed by atoms with Crippen LogP contribution in [0.15, 0.2) is 0 Å². The maximum atomic E-state index is 11.9. The Morgan fingerprint density at radius 2 is 2.05 bits per heavy atom. The lowest BCUT2D eigenvalue weighted by Crippen LogP contribution is -2.62. The molecule has 1 heterocycles. The molecule has 3 fully saturated rings. The SMILES string of the molecule is O=CN[C@@]1(C(=O)O)CC[C@@H]2C(C(=O)O)[C@]21[C@@H]1C[C@H](O)CN1. The van der Waals surface area contributed by atoms with E-state index in [2.05, 4.69) is 10.6 Å². The van der Waals surface area contributed by atoms with E-state index in [9.17, 15) is 29.7 Å². The number of aliphatic carboxylic acids is 2. The van der Waals surface area contributed by atoms with Gasteiger partial charge in [-0.1, -0.05) is 0 Å². The fourth-order valence-electron chi connectivity index (χ4n) is 4.94. The number of fused-ring (bicyclic) bond motifs is 1. The number of rotatable bonds is 5. The van der Waals surface area contributed by atoms with E-state index in [1.807, 2.05) is 0 Å². The number of hydrogen-bond acceptors (Lipinski definition) is 5. The van der Waals surface area contributed by atoms with Gasteiger partial charge in [-0.15, -0.1) is 0 Å². The van der Waals surface area contributed by atoms with Crippen molar-refractivity contribution in [2.24, 2.45) is 17.3 Å². The molecule has 21 heavy (non-hydrogen) atoms. The zero-order chi connectivity index (χ0) is 15.4. The number of carboxylic acid groups (broad SMARTS) is 2. The lowest BCUT2D eigenvalue weighted by atomic mass is 9.73. The molecule has 6 atom stereocenters. The molecule has 0 bridgehead atoms. The molecule has 1 aliphatic heterocycles. The lowest BCUT2D eigenvalue weighted by molar-refractivity contribution is -0.152. The molecule has 1 amide bonds. The van der Waals surface area contributed by atoms with Gasteiger partial charge in [-0.05, 0) is 25.2 Å². The van der Waals surface area contributed by atoms with E-state index in [-0.39, 0.29) is 12.3 Å². The number of carbonyl (C=O) groups is 3. The maximum Gasteiger partial charge on any atom is 0.330 e. The molecule has 8 heteroatoms. The van der Waals surface area contributed by atoms with E-state index in [0.29, 0.717) is 25.8 Å².